The molecule has 4 aliphatic rings. The van der Waals surface area contributed by atoms with Crippen molar-refractivity contribution in [1.82, 2.24) is 18.5 Å². The average molecular weight is 511 g/mol. The van der Waals surface area contributed by atoms with E-state index in [-0.39, 0.29) is 0 Å². The van der Waals surface area contributed by atoms with E-state index < -0.39 is 0 Å². The fraction of sp³-hybridized carbons (Fsp3) is 0.375. The SMILES string of the molecule is CCCCN1Cc2ccc(cc2)CN(CCCC)Cc2ccc(cc2)-c2nsnc2-c2ccc(cc2)C1. The molecule has 0 radical (unpaired) electrons. The van der Waals surface area contributed by atoms with Gasteiger partial charge in [-0.25, -0.2) is 0 Å². The van der Waals surface area contributed by atoms with E-state index in [1.165, 1.54) is 59.7 Å². The Bertz CT molecular complexity index is 1150. The van der Waals surface area contributed by atoms with Crippen molar-refractivity contribution in [2.75, 3.05) is 13.1 Å². The zero-order chi connectivity index (χ0) is 25.5. The normalized spacial score (nSPS) is 14.8. The van der Waals surface area contributed by atoms with Crippen LogP contribution in [0.4, 0.5) is 0 Å². The van der Waals surface area contributed by atoms with Gasteiger partial charge in [0.1, 0.15) is 11.4 Å². The predicted molar refractivity (Wildman–Crippen MR) is 155 cm³/mol. The Morgan fingerprint density at radius 2 is 0.865 bits per heavy atom. The molecule has 3 aromatic carbocycles. The van der Waals surface area contributed by atoms with E-state index >= 15 is 0 Å². The molecule has 8 rings (SSSR count). The topological polar surface area (TPSA) is 32.3 Å². The number of aromatic nitrogens is 2. The molecule has 192 valence electrons. The fourth-order valence-corrected chi connectivity index (χ4v) is 5.67. The van der Waals surface area contributed by atoms with Crippen molar-refractivity contribution < 1.29 is 0 Å². The van der Waals surface area contributed by atoms with Gasteiger partial charge < -0.3 is 0 Å². The first-order chi connectivity index (χ1) is 18.2. The number of nitrogens with zero attached hydrogens (tertiary/aromatic N) is 4. The maximum atomic E-state index is 4.68. The standard InChI is InChI=1S/C32H38N4S/c1-3-5-19-35-21-25-7-9-26(10-8-25)22-36(20-6-4-2)24-28-13-17-30(18-14-28)32-31(33-37-34-32)29-15-11-27(23-35)12-16-29/h7-18H,3-6,19-24H2,1-2H3. The summed E-state index contributed by atoms with van der Waals surface area (Å²) in [6, 6.07) is 27.2. The summed E-state index contributed by atoms with van der Waals surface area (Å²) in [5, 5.41) is 0. The van der Waals surface area contributed by atoms with Crippen LogP contribution in [0.15, 0.2) is 72.8 Å². The zero-order valence-corrected chi connectivity index (χ0v) is 23.0. The summed E-state index contributed by atoms with van der Waals surface area (Å²) in [6.07, 6.45) is 4.86. The molecule has 0 fully saturated rings. The molecule has 4 nitrogen and oxygen atoms in total. The van der Waals surface area contributed by atoms with Crippen LogP contribution < -0.4 is 0 Å². The lowest BCUT2D eigenvalue weighted by molar-refractivity contribution is 0.250. The Balaban J connectivity index is 1.50. The van der Waals surface area contributed by atoms with Crippen molar-refractivity contribution in [3.05, 3.63) is 95.1 Å². The van der Waals surface area contributed by atoms with Crippen molar-refractivity contribution in [3.8, 4) is 22.5 Å². The van der Waals surface area contributed by atoms with Gasteiger partial charge in [-0.3, -0.25) is 9.80 Å². The van der Waals surface area contributed by atoms with Gasteiger partial charge in [-0.15, -0.1) is 0 Å². The Morgan fingerprint density at radius 1 is 0.541 bits per heavy atom. The first kappa shape index (κ1) is 25.8. The van der Waals surface area contributed by atoms with Crippen molar-refractivity contribution in [3.63, 3.8) is 0 Å². The molecule has 0 saturated carbocycles. The van der Waals surface area contributed by atoms with Crippen molar-refractivity contribution in [1.29, 1.82) is 0 Å². The van der Waals surface area contributed by atoms with Gasteiger partial charge in [0.2, 0.25) is 0 Å². The van der Waals surface area contributed by atoms with Crippen LogP contribution in [0, 0.1) is 0 Å². The van der Waals surface area contributed by atoms with E-state index in [2.05, 4.69) is 105 Å². The molecule has 0 aliphatic carbocycles. The Morgan fingerprint density at radius 3 is 1.19 bits per heavy atom. The number of rotatable bonds is 6. The lowest BCUT2D eigenvalue weighted by atomic mass is 10.0. The van der Waals surface area contributed by atoms with Crippen LogP contribution in [0.25, 0.3) is 22.5 Å². The third-order valence-corrected chi connectivity index (χ3v) is 7.78. The van der Waals surface area contributed by atoms with Gasteiger partial charge in [-0.05, 0) is 48.2 Å². The minimum Gasteiger partial charge on any atom is -0.295 e. The second-order valence-corrected chi connectivity index (χ2v) is 10.8. The Kier molecular flexibility index (Phi) is 8.77. The number of hydrogen-bond acceptors (Lipinski definition) is 5. The molecule has 1 aromatic heterocycles. The van der Waals surface area contributed by atoms with Crippen LogP contribution in [0.2, 0.25) is 0 Å². The zero-order valence-electron chi connectivity index (χ0n) is 22.2. The quantitative estimate of drug-likeness (QED) is 0.265. The maximum absolute atomic E-state index is 4.68. The van der Waals surface area contributed by atoms with Crippen LogP contribution in [-0.2, 0) is 26.2 Å². The largest absolute Gasteiger partial charge is 0.295 e. The van der Waals surface area contributed by atoms with Crippen molar-refractivity contribution in [2.24, 2.45) is 0 Å². The molecule has 4 aromatic rings. The van der Waals surface area contributed by atoms with Crippen LogP contribution >= 0.6 is 11.7 Å². The highest BCUT2D eigenvalue weighted by Crippen LogP contribution is 2.31. The van der Waals surface area contributed by atoms with Gasteiger partial charge in [0.15, 0.2) is 0 Å². The van der Waals surface area contributed by atoms with Crippen LogP contribution in [-0.4, -0.2) is 31.6 Å². The van der Waals surface area contributed by atoms with Crippen molar-refractivity contribution in [2.45, 2.75) is 65.7 Å². The second-order valence-electron chi connectivity index (χ2n) is 10.3. The Hall–Kier alpha value is -2.86. The van der Waals surface area contributed by atoms with Gasteiger partial charge in [-0.1, -0.05) is 99.5 Å². The molecule has 4 aliphatic heterocycles. The number of unbranched alkanes of at least 4 members (excludes halogenated alkanes) is 2. The number of benzene rings is 3. The summed E-state index contributed by atoms with van der Waals surface area (Å²) in [5.41, 5.74) is 9.67. The highest BCUT2D eigenvalue weighted by molar-refractivity contribution is 6.99. The molecular weight excluding hydrogens is 472 g/mol. The molecule has 0 spiro atoms. The third kappa shape index (κ3) is 6.72. The van der Waals surface area contributed by atoms with Crippen LogP contribution in [0.1, 0.15) is 61.8 Å². The minimum absolute atomic E-state index is 0.955. The molecule has 0 amide bonds. The van der Waals surface area contributed by atoms with Gasteiger partial charge in [0, 0.05) is 37.3 Å². The predicted octanol–water partition coefficient (Wildman–Crippen LogP) is 7.79. The van der Waals surface area contributed by atoms with E-state index in [9.17, 15) is 0 Å². The summed E-state index contributed by atoms with van der Waals surface area (Å²) in [5.74, 6) is 0. The van der Waals surface area contributed by atoms with E-state index in [1.54, 1.807) is 0 Å². The fourth-order valence-electron chi connectivity index (χ4n) is 5.08. The Labute approximate surface area is 226 Å². The summed E-state index contributed by atoms with van der Waals surface area (Å²) in [7, 11) is 0. The minimum atomic E-state index is 0.955. The molecule has 0 N–H and O–H groups in total. The van der Waals surface area contributed by atoms with Crippen LogP contribution in [0.3, 0.4) is 0 Å². The molecule has 5 heterocycles. The molecule has 0 unspecified atom stereocenters. The smallest absolute Gasteiger partial charge is 0.112 e. The summed E-state index contributed by atoms with van der Waals surface area (Å²) in [6.45, 7) is 10.6. The molecule has 37 heavy (non-hydrogen) atoms. The highest BCUT2D eigenvalue weighted by Gasteiger charge is 2.15. The average Bonchev–Trinajstić information content (AvgIpc) is 3.42. The van der Waals surface area contributed by atoms with Gasteiger partial charge in [0.25, 0.3) is 0 Å². The van der Waals surface area contributed by atoms with E-state index in [0.717, 1.165) is 61.8 Å². The van der Waals surface area contributed by atoms with E-state index in [1.807, 2.05) is 0 Å². The van der Waals surface area contributed by atoms with Gasteiger partial charge in [0.05, 0.1) is 11.7 Å². The summed E-state index contributed by atoms with van der Waals surface area (Å²) >= 11 is 1.30. The van der Waals surface area contributed by atoms with Crippen molar-refractivity contribution >= 4 is 11.7 Å². The van der Waals surface area contributed by atoms with E-state index in [4.69, 9.17) is 0 Å². The monoisotopic (exact) mass is 510 g/mol. The van der Waals surface area contributed by atoms with Gasteiger partial charge in [-0.2, -0.15) is 8.75 Å². The maximum Gasteiger partial charge on any atom is 0.112 e. The summed E-state index contributed by atoms with van der Waals surface area (Å²) < 4.78 is 9.35. The lowest BCUT2D eigenvalue weighted by Gasteiger charge is -2.24. The molecular formula is C32H38N4S. The third-order valence-electron chi connectivity index (χ3n) is 7.25. The molecule has 0 atom stereocenters. The lowest BCUT2D eigenvalue weighted by Crippen LogP contribution is -2.25. The number of hydrogen-bond donors (Lipinski definition) is 0. The van der Waals surface area contributed by atoms with E-state index in [0.29, 0.717) is 0 Å². The van der Waals surface area contributed by atoms with Crippen LogP contribution in [0.5, 0.6) is 0 Å². The molecule has 0 saturated heterocycles. The molecule has 6 bridgehead atoms. The highest BCUT2D eigenvalue weighted by atomic mass is 32.1. The second kappa shape index (κ2) is 12.6. The first-order valence-electron chi connectivity index (χ1n) is 13.8. The molecule has 5 heteroatoms. The van der Waals surface area contributed by atoms with Gasteiger partial charge >= 0.3 is 0 Å². The summed E-state index contributed by atoms with van der Waals surface area (Å²) in [4.78, 5) is 5.16. The first-order valence-corrected chi connectivity index (χ1v) is 14.5. The number of fused-ring (bicyclic) bond motifs is 3.